The van der Waals surface area contributed by atoms with Crippen LogP contribution in [0.1, 0.15) is 175 Å². The Kier molecular flexibility index (Phi) is 40.2. The number of unbranched alkanes of at least 4 members (excludes halogenated alkanes) is 10. The Morgan fingerprint density at radius 2 is 0.745 bits per heavy atom. The first kappa shape index (κ1) is 51.3. The maximum Gasteiger partial charge on any atom is 0.306 e. The Balaban J connectivity index is 4.57. The second kappa shape index (κ2) is 43.1. The van der Waals surface area contributed by atoms with Gasteiger partial charge in [-0.2, -0.15) is 0 Å². The SMILES string of the molecule is CC/C=C\C/C=C\C/C=C\C/C=C\CCC(=O)OCC(COC(=O)CCCCCCC/C=C\CCCC)OC(=O)CCCCC/C=C\C/C=C\C/C=C\CC. The van der Waals surface area contributed by atoms with Crippen LogP contribution in [0.2, 0.25) is 0 Å². The van der Waals surface area contributed by atoms with Crippen LogP contribution in [0.15, 0.2) is 97.2 Å². The van der Waals surface area contributed by atoms with E-state index in [1.54, 1.807) is 0 Å². The number of allylic oxidation sites excluding steroid dienone is 16. The minimum atomic E-state index is -0.823. The molecule has 0 aliphatic carbocycles. The van der Waals surface area contributed by atoms with Gasteiger partial charge in [0.25, 0.3) is 0 Å². The van der Waals surface area contributed by atoms with E-state index in [0.29, 0.717) is 19.3 Å². The van der Waals surface area contributed by atoms with Crippen molar-refractivity contribution in [3.05, 3.63) is 97.2 Å². The lowest BCUT2D eigenvalue weighted by atomic mass is 10.1. The summed E-state index contributed by atoms with van der Waals surface area (Å²) >= 11 is 0. The summed E-state index contributed by atoms with van der Waals surface area (Å²) in [4.78, 5) is 37.6. The quantitative estimate of drug-likeness (QED) is 0.0271. The summed E-state index contributed by atoms with van der Waals surface area (Å²) in [5.41, 5.74) is 0. The van der Waals surface area contributed by atoms with Gasteiger partial charge in [0.15, 0.2) is 6.10 Å². The Morgan fingerprint density at radius 1 is 0.382 bits per heavy atom. The van der Waals surface area contributed by atoms with Crippen LogP contribution >= 0.6 is 0 Å². The van der Waals surface area contributed by atoms with Gasteiger partial charge in [-0.15, -0.1) is 0 Å². The summed E-state index contributed by atoms with van der Waals surface area (Å²) in [6.45, 7) is 6.23. The van der Waals surface area contributed by atoms with Crippen LogP contribution in [0.4, 0.5) is 0 Å². The summed E-state index contributed by atoms with van der Waals surface area (Å²) < 4.78 is 16.6. The third-order valence-corrected chi connectivity index (χ3v) is 8.57. The van der Waals surface area contributed by atoms with E-state index in [4.69, 9.17) is 14.2 Å². The lowest BCUT2D eigenvalue weighted by Gasteiger charge is -2.18. The van der Waals surface area contributed by atoms with Crippen molar-refractivity contribution in [1.82, 2.24) is 0 Å². The zero-order chi connectivity index (χ0) is 40.1. The predicted octanol–water partition coefficient (Wildman–Crippen LogP) is 13.9. The molecule has 1 unspecified atom stereocenters. The third kappa shape index (κ3) is 41.3. The average Bonchev–Trinajstić information content (AvgIpc) is 3.18. The van der Waals surface area contributed by atoms with E-state index >= 15 is 0 Å². The minimum absolute atomic E-state index is 0.118. The molecule has 0 aliphatic rings. The van der Waals surface area contributed by atoms with Gasteiger partial charge in [-0.1, -0.05) is 157 Å². The molecule has 1 atom stereocenters. The highest BCUT2D eigenvalue weighted by Crippen LogP contribution is 2.11. The molecule has 0 bridgehead atoms. The maximum atomic E-state index is 12.7. The van der Waals surface area contributed by atoms with Gasteiger partial charge in [0.05, 0.1) is 0 Å². The van der Waals surface area contributed by atoms with E-state index in [-0.39, 0.29) is 44.0 Å². The van der Waals surface area contributed by atoms with Gasteiger partial charge in [0.1, 0.15) is 13.2 Å². The molecule has 55 heavy (non-hydrogen) atoms. The van der Waals surface area contributed by atoms with Gasteiger partial charge in [-0.25, -0.2) is 0 Å². The molecule has 0 heterocycles. The number of rotatable bonds is 37. The summed E-state index contributed by atoms with van der Waals surface area (Å²) in [6.07, 6.45) is 55.5. The van der Waals surface area contributed by atoms with Crippen molar-refractivity contribution in [2.75, 3.05) is 13.2 Å². The Morgan fingerprint density at radius 3 is 1.25 bits per heavy atom. The number of hydrogen-bond donors (Lipinski definition) is 0. The van der Waals surface area contributed by atoms with E-state index in [1.807, 2.05) is 12.2 Å². The van der Waals surface area contributed by atoms with Crippen LogP contribution < -0.4 is 0 Å². The number of hydrogen-bond acceptors (Lipinski definition) is 6. The summed E-state index contributed by atoms with van der Waals surface area (Å²) in [6, 6.07) is 0. The topological polar surface area (TPSA) is 78.9 Å². The number of carbonyl (C=O) groups excluding carboxylic acids is 3. The van der Waals surface area contributed by atoms with Crippen LogP contribution in [0.5, 0.6) is 0 Å². The van der Waals surface area contributed by atoms with Crippen LogP contribution in [0.3, 0.4) is 0 Å². The van der Waals surface area contributed by atoms with Crippen molar-refractivity contribution in [3.8, 4) is 0 Å². The third-order valence-electron chi connectivity index (χ3n) is 8.57. The van der Waals surface area contributed by atoms with Crippen molar-refractivity contribution in [2.45, 2.75) is 181 Å². The van der Waals surface area contributed by atoms with Crippen molar-refractivity contribution >= 4 is 17.9 Å². The van der Waals surface area contributed by atoms with E-state index in [2.05, 4.69) is 106 Å². The summed E-state index contributed by atoms with van der Waals surface area (Å²) in [7, 11) is 0. The van der Waals surface area contributed by atoms with E-state index in [9.17, 15) is 14.4 Å². The molecule has 0 amide bonds. The molecule has 0 aromatic carbocycles. The molecular formula is C49H78O6. The largest absolute Gasteiger partial charge is 0.462 e. The van der Waals surface area contributed by atoms with Gasteiger partial charge >= 0.3 is 17.9 Å². The standard InChI is InChI=1S/C49H78O6/c1-4-7-10-13-16-19-22-24-27-30-33-36-39-42-48(51)54-45-46(44-53-47(50)41-38-35-32-29-26-21-18-15-12-9-6-3)55-49(52)43-40-37-34-31-28-25-23-20-17-14-11-8-5-2/h7-8,10-11,15-20,24-25,27-28,33,36,46H,4-6,9,12-14,21-23,26,29-32,34-35,37-45H2,1-3H3/b10-7-,11-8-,18-15-,19-16-,20-17-,27-24-,28-25-,36-33-. The van der Waals surface area contributed by atoms with Crippen LogP contribution in [0, 0.1) is 0 Å². The first-order chi connectivity index (χ1) is 27.0. The molecule has 0 N–H and O–H groups in total. The zero-order valence-electron chi connectivity index (χ0n) is 35.1. The van der Waals surface area contributed by atoms with Crippen LogP contribution in [-0.2, 0) is 28.6 Å². The van der Waals surface area contributed by atoms with Crippen LogP contribution in [-0.4, -0.2) is 37.2 Å². The normalized spacial score (nSPS) is 13.0. The van der Waals surface area contributed by atoms with E-state index < -0.39 is 6.10 Å². The van der Waals surface area contributed by atoms with E-state index in [1.165, 1.54) is 25.7 Å². The Hall–Kier alpha value is -3.67. The van der Waals surface area contributed by atoms with Crippen molar-refractivity contribution in [3.63, 3.8) is 0 Å². The highest BCUT2D eigenvalue weighted by atomic mass is 16.6. The molecule has 0 fully saturated rings. The molecule has 0 radical (unpaired) electrons. The molecule has 0 spiro atoms. The van der Waals surface area contributed by atoms with Crippen molar-refractivity contribution < 1.29 is 28.6 Å². The second-order valence-corrected chi connectivity index (χ2v) is 13.8. The van der Waals surface area contributed by atoms with Gasteiger partial charge in [0, 0.05) is 19.3 Å². The lowest BCUT2D eigenvalue weighted by Crippen LogP contribution is -2.30. The van der Waals surface area contributed by atoms with Gasteiger partial charge in [-0.3, -0.25) is 14.4 Å². The molecular weight excluding hydrogens is 685 g/mol. The molecule has 0 rings (SSSR count). The monoisotopic (exact) mass is 763 g/mol. The first-order valence-electron chi connectivity index (χ1n) is 21.7. The van der Waals surface area contributed by atoms with Crippen molar-refractivity contribution in [2.24, 2.45) is 0 Å². The fraction of sp³-hybridized carbons (Fsp3) is 0.612. The second-order valence-electron chi connectivity index (χ2n) is 13.8. The fourth-order valence-corrected chi connectivity index (χ4v) is 5.33. The molecule has 0 aromatic rings. The van der Waals surface area contributed by atoms with Gasteiger partial charge < -0.3 is 14.2 Å². The molecule has 0 saturated heterocycles. The summed E-state index contributed by atoms with van der Waals surface area (Å²) in [5.74, 6) is -1.06. The van der Waals surface area contributed by atoms with E-state index in [0.717, 1.165) is 96.3 Å². The molecule has 0 saturated carbocycles. The molecule has 0 aliphatic heterocycles. The highest BCUT2D eigenvalue weighted by molar-refractivity contribution is 5.71. The predicted molar refractivity (Wildman–Crippen MR) is 233 cm³/mol. The van der Waals surface area contributed by atoms with Crippen LogP contribution in [0.25, 0.3) is 0 Å². The Bertz CT molecular complexity index is 1150. The molecule has 6 nitrogen and oxygen atoms in total. The smallest absolute Gasteiger partial charge is 0.306 e. The highest BCUT2D eigenvalue weighted by Gasteiger charge is 2.19. The maximum absolute atomic E-state index is 12.7. The molecule has 6 heteroatoms. The summed E-state index contributed by atoms with van der Waals surface area (Å²) in [5, 5.41) is 0. The minimum Gasteiger partial charge on any atom is -0.462 e. The van der Waals surface area contributed by atoms with Gasteiger partial charge in [0.2, 0.25) is 0 Å². The number of ether oxygens (including phenoxy) is 3. The molecule has 310 valence electrons. The number of carbonyl (C=O) groups is 3. The lowest BCUT2D eigenvalue weighted by molar-refractivity contribution is -0.166. The van der Waals surface area contributed by atoms with Gasteiger partial charge in [-0.05, 0) is 96.3 Å². The zero-order valence-corrected chi connectivity index (χ0v) is 35.1. The first-order valence-corrected chi connectivity index (χ1v) is 21.7. The molecule has 0 aromatic heterocycles. The fourth-order valence-electron chi connectivity index (χ4n) is 5.33. The average molecular weight is 763 g/mol. The number of esters is 3. The van der Waals surface area contributed by atoms with Crippen molar-refractivity contribution in [1.29, 1.82) is 0 Å². The Labute approximate surface area is 337 Å².